The summed E-state index contributed by atoms with van der Waals surface area (Å²) in [6.07, 6.45) is 0.432. The molecule has 0 N–H and O–H groups in total. The number of anilines is 1. The van der Waals surface area contributed by atoms with Gasteiger partial charge < -0.3 is 0 Å². The number of hydrogen-bond donors (Lipinski definition) is 0. The number of fused-ring (bicyclic) bond motifs is 1. The molecule has 2 aromatic heterocycles. The highest BCUT2D eigenvalue weighted by atomic mass is 32.2. The number of nitrogens with zero attached hydrogens (tertiary/aromatic N) is 5. The third kappa shape index (κ3) is 2.83. The molecule has 3 heterocycles. The van der Waals surface area contributed by atoms with Crippen LogP contribution >= 0.6 is 11.8 Å². The Morgan fingerprint density at radius 3 is 2.91 bits per heavy atom. The zero-order valence-corrected chi connectivity index (χ0v) is 13.6. The lowest BCUT2D eigenvalue weighted by atomic mass is 10.1. The number of thioether (sulfide) groups is 1. The van der Waals surface area contributed by atoms with Gasteiger partial charge in [-0.3, -0.25) is 14.5 Å². The van der Waals surface area contributed by atoms with E-state index in [0.29, 0.717) is 30.4 Å². The Kier molecular flexibility index (Phi) is 3.86. The lowest BCUT2D eigenvalue weighted by molar-refractivity contribution is -0.117. The van der Waals surface area contributed by atoms with Crippen LogP contribution in [0.25, 0.3) is 5.78 Å². The van der Waals surface area contributed by atoms with Gasteiger partial charge in [-0.2, -0.15) is 9.50 Å². The van der Waals surface area contributed by atoms with Crippen LogP contribution in [0.1, 0.15) is 24.7 Å². The van der Waals surface area contributed by atoms with Crippen LogP contribution in [0.15, 0.2) is 6.07 Å². The average Bonchev–Trinajstić information content (AvgIpc) is 2.99. The van der Waals surface area contributed by atoms with Gasteiger partial charge in [-0.05, 0) is 25.8 Å². The molecule has 22 heavy (non-hydrogen) atoms. The Morgan fingerprint density at radius 2 is 2.18 bits per heavy atom. The molecule has 1 fully saturated rings. The topological polar surface area (TPSA) is 80.5 Å². The van der Waals surface area contributed by atoms with Crippen LogP contribution in [0.2, 0.25) is 0 Å². The summed E-state index contributed by atoms with van der Waals surface area (Å²) in [6, 6.07) is 1.92. The first-order valence-corrected chi connectivity index (χ1v) is 8.07. The van der Waals surface area contributed by atoms with Crippen LogP contribution in [0.4, 0.5) is 5.95 Å². The fourth-order valence-corrected chi connectivity index (χ4v) is 3.29. The molecule has 1 aliphatic rings. The molecule has 0 aromatic carbocycles. The van der Waals surface area contributed by atoms with Gasteiger partial charge in [0.2, 0.25) is 5.91 Å². The quantitative estimate of drug-likeness (QED) is 0.850. The Balaban J connectivity index is 1.83. The van der Waals surface area contributed by atoms with Crippen molar-refractivity contribution in [2.75, 3.05) is 17.2 Å². The van der Waals surface area contributed by atoms with Gasteiger partial charge in [0.15, 0.2) is 5.12 Å². The third-order valence-electron chi connectivity index (χ3n) is 3.58. The summed E-state index contributed by atoms with van der Waals surface area (Å²) >= 11 is 1.26. The Labute approximate surface area is 132 Å². The molecule has 1 aliphatic heterocycles. The lowest BCUT2D eigenvalue weighted by Crippen LogP contribution is -2.26. The van der Waals surface area contributed by atoms with E-state index in [1.165, 1.54) is 11.8 Å². The van der Waals surface area contributed by atoms with E-state index in [0.717, 1.165) is 11.4 Å². The van der Waals surface area contributed by atoms with Crippen LogP contribution < -0.4 is 4.90 Å². The number of carbonyl (C=O) groups excluding carboxylic acids is 2. The van der Waals surface area contributed by atoms with Crippen molar-refractivity contribution in [2.24, 2.45) is 5.92 Å². The van der Waals surface area contributed by atoms with Gasteiger partial charge >= 0.3 is 0 Å². The molecule has 0 spiro atoms. The molecular formula is C14H17N5O2S. The van der Waals surface area contributed by atoms with E-state index in [9.17, 15) is 9.59 Å². The van der Waals surface area contributed by atoms with Crippen molar-refractivity contribution in [3.63, 3.8) is 0 Å². The number of aromatic nitrogens is 4. The predicted molar refractivity (Wildman–Crippen MR) is 83.9 cm³/mol. The summed E-state index contributed by atoms with van der Waals surface area (Å²) in [6.45, 7) is 5.92. The molecule has 0 aliphatic carbocycles. The predicted octanol–water partition coefficient (Wildman–Crippen LogP) is 1.37. The van der Waals surface area contributed by atoms with Crippen LogP contribution in [0.3, 0.4) is 0 Å². The standard InChI is InChI=1S/C14H17N5O2S/c1-8-4-9(2)19-13(15-8)16-14(17-19)18-6-11(5-12(18)21)7-22-10(3)20/h4,11H,5-7H2,1-3H3. The van der Waals surface area contributed by atoms with Gasteiger partial charge in [-0.15, -0.1) is 5.10 Å². The molecule has 116 valence electrons. The fraction of sp³-hybridized carbons (Fsp3) is 0.500. The van der Waals surface area contributed by atoms with Gasteiger partial charge in [0, 0.05) is 37.0 Å². The maximum Gasteiger partial charge on any atom is 0.254 e. The van der Waals surface area contributed by atoms with Gasteiger partial charge in [0.25, 0.3) is 11.7 Å². The van der Waals surface area contributed by atoms with Crippen molar-refractivity contribution in [3.8, 4) is 0 Å². The Morgan fingerprint density at radius 1 is 1.41 bits per heavy atom. The van der Waals surface area contributed by atoms with Crippen molar-refractivity contribution in [3.05, 3.63) is 17.5 Å². The number of rotatable bonds is 3. The van der Waals surface area contributed by atoms with Gasteiger partial charge in [0.1, 0.15) is 0 Å². The van der Waals surface area contributed by atoms with E-state index in [-0.39, 0.29) is 16.9 Å². The second-order valence-corrected chi connectivity index (χ2v) is 6.74. The number of hydrogen-bond acceptors (Lipinski definition) is 6. The maximum atomic E-state index is 12.2. The Hall–Kier alpha value is -1.96. The summed E-state index contributed by atoms with van der Waals surface area (Å²) < 4.78 is 1.65. The SMILES string of the molecule is CC(=O)SCC1CC(=O)N(c2nc3nc(C)cc(C)n3n2)C1. The molecule has 1 amide bonds. The second kappa shape index (κ2) is 5.68. The summed E-state index contributed by atoms with van der Waals surface area (Å²) in [5.74, 6) is 1.70. The number of amides is 1. The summed E-state index contributed by atoms with van der Waals surface area (Å²) in [5, 5.41) is 4.47. The zero-order chi connectivity index (χ0) is 15.9. The molecule has 7 nitrogen and oxygen atoms in total. The van der Waals surface area contributed by atoms with Crippen LogP contribution in [-0.2, 0) is 9.59 Å². The van der Waals surface area contributed by atoms with E-state index < -0.39 is 0 Å². The molecule has 0 saturated carbocycles. The smallest absolute Gasteiger partial charge is 0.254 e. The van der Waals surface area contributed by atoms with Crippen LogP contribution in [0.5, 0.6) is 0 Å². The minimum Gasteiger partial charge on any atom is -0.288 e. The monoisotopic (exact) mass is 319 g/mol. The molecule has 3 rings (SSSR count). The van der Waals surface area contributed by atoms with Crippen molar-refractivity contribution in [1.29, 1.82) is 0 Å². The third-order valence-corrected chi connectivity index (χ3v) is 4.62. The molecule has 1 unspecified atom stereocenters. The molecule has 2 aromatic rings. The highest BCUT2D eigenvalue weighted by Crippen LogP contribution is 2.25. The average molecular weight is 319 g/mol. The molecule has 0 bridgehead atoms. The number of carbonyl (C=O) groups is 2. The molecule has 8 heteroatoms. The number of aryl methyl sites for hydroxylation is 2. The van der Waals surface area contributed by atoms with Crippen molar-refractivity contribution >= 4 is 34.5 Å². The minimum absolute atomic E-state index is 0.000525. The van der Waals surface area contributed by atoms with E-state index in [2.05, 4.69) is 15.1 Å². The molecule has 1 saturated heterocycles. The van der Waals surface area contributed by atoms with Gasteiger partial charge in [-0.1, -0.05) is 11.8 Å². The van der Waals surface area contributed by atoms with Crippen molar-refractivity contribution < 1.29 is 9.59 Å². The fourth-order valence-electron chi connectivity index (χ4n) is 2.59. The van der Waals surface area contributed by atoms with E-state index in [1.807, 2.05) is 19.9 Å². The first-order chi connectivity index (χ1) is 10.4. The first kappa shape index (κ1) is 15.0. The van der Waals surface area contributed by atoms with E-state index in [4.69, 9.17) is 0 Å². The normalized spacial score (nSPS) is 18.4. The van der Waals surface area contributed by atoms with Gasteiger partial charge in [0.05, 0.1) is 0 Å². The van der Waals surface area contributed by atoms with Crippen LogP contribution in [0, 0.1) is 19.8 Å². The second-order valence-electron chi connectivity index (χ2n) is 5.54. The maximum absolute atomic E-state index is 12.2. The highest BCUT2D eigenvalue weighted by Gasteiger charge is 2.33. The highest BCUT2D eigenvalue weighted by molar-refractivity contribution is 8.13. The van der Waals surface area contributed by atoms with E-state index in [1.54, 1.807) is 16.3 Å². The Bertz CT molecular complexity index is 757. The summed E-state index contributed by atoms with van der Waals surface area (Å²) in [7, 11) is 0. The van der Waals surface area contributed by atoms with Crippen molar-refractivity contribution in [2.45, 2.75) is 27.2 Å². The van der Waals surface area contributed by atoms with Crippen molar-refractivity contribution in [1.82, 2.24) is 19.6 Å². The van der Waals surface area contributed by atoms with E-state index >= 15 is 0 Å². The first-order valence-electron chi connectivity index (χ1n) is 7.09. The molecular weight excluding hydrogens is 302 g/mol. The molecule has 1 atom stereocenters. The van der Waals surface area contributed by atoms with Crippen LogP contribution in [-0.4, -0.2) is 42.9 Å². The van der Waals surface area contributed by atoms with Gasteiger partial charge in [-0.25, -0.2) is 4.98 Å². The lowest BCUT2D eigenvalue weighted by Gasteiger charge is -2.11. The summed E-state index contributed by atoms with van der Waals surface area (Å²) in [4.78, 5) is 33.5. The minimum atomic E-state index is -0.000525. The largest absolute Gasteiger partial charge is 0.288 e. The summed E-state index contributed by atoms with van der Waals surface area (Å²) in [5.41, 5.74) is 1.80. The molecule has 0 radical (unpaired) electrons. The zero-order valence-electron chi connectivity index (χ0n) is 12.7.